The Morgan fingerprint density at radius 3 is 2.62 bits per heavy atom. The van der Waals surface area contributed by atoms with Crippen LogP contribution in [0.15, 0.2) is 5.38 Å². The number of piperidine rings is 1. The van der Waals surface area contributed by atoms with Crippen LogP contribution in [0.5, 0.6) is 0 Å². The van der Waals surface area contributed by atoms with Crippen molar-refractivity contribution < 1.29 is 4.79 Å². The molecule has 1 saturated heterocycles. The molecule has 0 radical (unpaired) electrons. The molecule has 0 unspecified atom stereocenters. The number of aromatic nitrogens is 1. The van der Waals surface area contributed by atoms with Gasteiger partial charge in [-0.3, -0.25) is 4.79 Å². The fraction of sp³-hybridized carbons (Fsp3) is 0.750. The summed E-state index contributed by atoms with van der Waals surface area (Å²) >= 11 is 1.44. The second kappa shape index (κ2) is 12.0. The van der Waals surface area contributed by atoms with E-state index in [4.69, 9.17) is 5.73 Å². The van der Waals surface area contributed by atoms with E-state index in [1.807, 2.05) is 0 Å². The highest BCUT2D eigenvalue weighted by atomic mass is 35.5. The Kier molecular flexibility index (Phi) is 11.8. The molecule has 1 aromatic rings. The Morgan fingerprint density at radius 1 is 1.42 bits per heavy atom. The van der Waals surface area contributed by atoms with Gasteiger partial charge in [-0.1, -0.05) is 13.8 Å². The van der Waals surface area contributed by atoms with Crippen molar-refractivity contribution in [1.29, 1.82) is 0 Å². The van der Waals surface area contributed by atoms with Gasteiger partial charge in [0.25, 0.3) is 5.91 Å². The molecule has 0 atom stereocenters. The molecule has 5 nitrogen and oxygen atoms in total. The summed E-state index contributed by atoms with van der Waals surface area (Å²) in [6.07, 6.45) is 3.61. The van der Waals surface area contributed by atoms with Gasteiger partial charge in [-0.15, -0.1) is 36.2 Å². The lowest BCUT2D eigenvalue weighted by Gasteiger charge is -2.32. The summed E-state index contributed by atoms with van der Waals surface area (Å²) in [5.74, 6) is 1.29. The van der Waals surface area contributed by atoms with E-state index in [2.05, 4.69) is 29.0 Å². The van der Waals surface area contributed by atoms with E-state index in [9.17, 15) is 4.79 Å². The van der Waals surface area contributed by atoms with Crippen LogP contribution in [-0.2, 0) is 6.54 Å². The Morgan fingerprint density at radius 2 is 2.08 bits per heavy atom. The smallest absolute Gasteiger partial charge is 0.270 e. The van der Waals surface area contributed by atoms with Crippen molar-refractivity contribution in [3.05, 3.63) is 16.1 Å². The first-order valence-corrected chi connectivity index (χ1v) is 9.11. The summed E-state index contributed by atoms with van der Waals surface area (Å²) in [5.41, 5.74) is 6.02. The molecule has 2 rings (SSSR count). The van der Waals surface area contributed by atoms with Crippen LogP contribution in [0.2, 0.25) is 0 Å². The zero-order valence-corrected chi connectivity index (χ0v) is 16.9. The number of likely N-dealkylation sites (tertiary alicyclic amines) is 1. The zero-order valence-electron chi connectivity index (χ0n) is 14.5. The van der Waals surface area contributed by atoms with E-state index in [0.717, 1.165) is 30.6 Å². The summed E-state index contributed by atoms with van der Waals surface area (Å²) in [7, 11) is 0. The maximum Gasteiger partial charge on any atom is 0.270 e. The summed E-state index contributed by atoms with van der Waals surface area (Å²) < 4.78 is 0. The van der Waals surface area contributed by atoms with Crippen LogP contribution in [0.4, 0.5) is 0 Å². The van der Waals surface area contributed by atoms with Crippen LogP contribution in [0.3, 0.4) is 0 Å². The summed E-state index contributed by atoms with van der Waals surface area (Å²) in [4.78, 5) is 18.8. The minimum atomic E-state index is -0.0711. The molecule has 0 spiro atoms. The van der Waals surface area contributed by atoms with E-state index in [0.29, 0.717) is 18.2 Å². The van der Waals surface area contributed by atoms with Crippen LogP contribution in [-0.4, -0.2) is 42.0 Å². The standard InChI is InChI=1S/C16H28N4OS.2ClH/c1-12(2)3-6-20-7-4-13(5-8-20)10-18-16(21)14-11-22-15(9-17)19-14;;/h11-13H,3-10,17H2,1-2H3,(H,18,21);2*1H. The van der Waals surface area contributed by atoms with Gasteiger partial charge in [0, 0.05) is 18.5 Å². The van der Waals surface area contributed by atoms with Gasteiger partial charge in [-0.2, -0.15) is 0 Å². The molecule has 1 aromatic heterocycles. The zero-order chi connectivity index (χ0) is 15.9. The number of amides is 1. The van der Waals surface area contributed by atoms with Gasteiger partial charge in [0.2, 0.25) is 0 Å². The van der Waals surface area contributed by atoms with Gasteiger partial charge in [0.1, 0.15) is 10.7 Å². The maximum absolute atomic E-state index is 12.0. The van der Waals surface area contributed by atoms with Crippen LogP contribution >= 0.6 is 36.2 Å². The molecule has 3 N–H and O–H groups in total. The highest BCUT2D eigenvalue weighted by molar-refractivity contribution is 7.09. The van der Waals surface area contributed by atoms with Crippen molar-refractivity contribution in [3.63, 3.8) is 0 Å². The number of carbonyl (C=O) groups excluding carboxylic acids is 1. The monoisotopic (exact) mass is 396 g/mol. The Bertz CT molecular complexity index is 476. The molecule has 140 valence electrons. The molecule has 2 heterocycles. The number of nitrogens with one attached hydrogen (secondary N) is 1. The summed E-state index contributed by atoms with van der Waals surface area (Å²) in [6.45, 7) is 9.22. The van der Waals surface area contributed by atoms with Gasteiger partial charge >= 0.3 is 0 Å². The van der Waals surface area contributed by atoms with E-state index in [-0.39, 0.29) is 30.7 Å². The molecular formula is C16H30Cl2N4OS. The van der Waals surface area contributed by atoms with Gasteiger partial charge in [0.15, 0.2) is 0 Å². The number of hydrogen-bond donors (Lipinski definition) is 2. The van der Waals surface area contributed by atoms with E-state index in [1.165, 1.54) is 37.1 Å². The average Bonchev–Trinajstić information content (AvgIpc) is 3.00. The fourth-order valence-electron chi connectivity index (χ4n) is 2.69. The Balaban J connectivity index is 0.00000264. The predicted molar refractivity (Wildman–Crippen MR) is 105 cm³/mol. The van der Waals surface area contributed by atoms with Crippen molar-refractivity contribution in [2.75, 3.05) is 26.2 Å². The maximum atomic E-state index is 12.0. The quantitative estimate of drug-likeness (QED) is 0.742. The molecule has 24 heavy (non-hydrogen) atoms. The molecule has 1 amide bonds. The highest BCUT2D eigenvalue weighted by Gasteiger charge is 2.20. The number of nitrogens with zero attached hydrogens (tertiary/aromatic N) is 2. The van der Waals surface area contributed by atoms with Crippen LogP contribution < -0.4 is 11.1 Å². The lowest BCUT2D eigenvalue weighted by molar-refractivity contribution is 0.0931. The minimum Gasteiger partial charge on any atom is -0.350 e. The number of nitrogens with two attached hydrogens (primary N) is 1. The van der Waals surface area contributed by atoms with Crippen LogP contribution in [0, 0.1) is 11.8 Å². The third-order valence-electron chi connectivity index (χ3n) is 4.24. The SMILES string of the molecule is CC(C)CCN1CCC(CNC(=O)c2csc(CN)n2)CC1.Cl.Cl. The topological polar surface area (TPSA) is 71.2 Å². The lowest BCUT2D eigenvalue weighted by Crippen LogP contribution is -2.39. The van der Waals surface area contributed by atoms with Crippen LogP contribution in [0.25, 0.3) is 0 Å². The minimum absolute atomic E-state index is 0. The third kappa shape index (κ3) is 7.66. The molecule has 0 bridgehead atoms. The first-order valence-electron chi connectivity index (χ1n) is 8.23. The molecule has 1 aliphatic rings. The van der Waals surface area contributed by atoms with Gasteiger partial charge in [0.05, 0.1) is 0 Å². The van der Waals surface area contributed by atoms with Crippen molar-refractivity contribution in [3.8, 4) is 0 Å². The van der Waals surface area contributed by atoms with Gasteiger partial charge in [-0.25, -0.2) is 4.98 Å². The van der Waals surface area contributed by atoms with E-state index >= 15 is 0 Å². The first kappa shape index (κ1) is 23.6. The third-order valence-corrected chi connectivity index (χ3v) is 5.11. The summed E-state index contributed by atoms with van der Waals surface area (Å²) in [5, 5.41) is 5.61. The number of hydrogen-bond acceptors (Lipinski definition) is 5. The van der Waals surface area contributed by atoms with Crippen molar-refractivity contribution in [2.24, 2.45) is 17.6 Å². The van der Waals surface area contributed by atoms with Gasteiger partial charge in [-0.05, 0) is 50.7 Å². The molecular weight excluding hydrogens is 367 g/mol. The highest BCUT2D eigenvalue weighted by Crippen LogP contribution is 2.17. The molecule has 1 aliphatic heterocycles. The number of thiazole rings is 1. The molecule has 1 fully saturated rings. The molecule has 0 aromatic carbocycles. The van der Waals surface area contributed by atoms with Crippen molar-refractivity contribution in [2.45, 2.75) is 39.7 Å². The molecule has 0 aliphatic carbocycles. The molecule has 0 saturated carbocycles. The van der Waals surface area contributed by atoms with Gasteiger partial charge < -0.3 is 16.0 Å². The molecule has 8 heteroatoms. The lowest BCUT2D eigenvalue weighted by atomic mass is 9.96. The second-order valence-electron chi connectivity index (χ2n) is 6.51. The largest absolute Gasteiger partial charge is 0.350 e. The fourth-order valence-corrected chi connectivity index (χ4v) is 3.35. The van der Waals surface area contributed by atoms with E-state index < -0.39 is 0 Å². The Labute approximate surface area is 161 Å². The number of halogens is 2. The summed E-state index contributed by atoms with van der Waals surface area (Å²) in [6, 6.07) is 0. The Hall–Kier alpha value is -0.400. The van der Waals surface area contributed by atoms with Crippen LogP contribution in [0.1, 0.15) is 48.6 Å². The van der Waals surface area contributed by atoms with Crippen molar-refractivity contribution >= 4 is 42.1 Å². The van der Waals surface area contributed by atoms with E-state index in [1.54, 1.807) is 5.38 Å². The number of carbonyl (C=O) groups is 1. The van der Waals surface area contributed by atoms with Crippen molar-refractivity contribution in [1.82, 2.24) is 15.2 Å². The second-order valence-corrected chi connectivity index (χ2v) is 7.45. The normalized spacial score (nSPS) is 15.7. The average molecular weight is 397 g/mol. The number of rotatable bonds is 7. The first-order chi connectivity index (χ1) is 10.6. The predicted octanol–water partition coefficient (Wildman–Crippen LogP) is 2.93.